The van der Waals surface area contributed by atoms with E-state index in [1.54, 1.807) is 12.1 Å². The molecule has 0 saturated carbocycles. The first-order valence-corrected chi connectivity index (χ1v) is 15.3. The van der Waals surface area contributed by atoms with E-state index < -0.39 is 13.0 Å². The number of nitrogens with zero attached hydrogens (tertiary/aromatic N) is 1. The minimum absolute atomic E-state index is 0.0508. The third-order valence-corrected chi connectivity index (χ3v) is 9.03. The molecule has 0 spiro atoms. The van der Waals surface area contributed by atoms with Crippen LogP contribution in [0.25, 0.3) is 11.6 Å². The Balaban J connectivity index is 1.48. The highest BCUT2D eigenvalue weighted by Gasteiger charge is 2.56. The van der Waals surface area contributed by atoms with Crippen molar-refractivity contribution in [2.24, 2.45) is 17.8 Å². The molecule has 6 nitrogen and oxygen atoms in total. The standard InChI is InChI=1S/C32H37BBrNO5/c1-3-8-22-18-25-30(32(38)35(15-4-2)31(25)37)26-19-33(39)40-28(29(22)26)14-11-21(20-9-6-5-7-10-20)16-23-17-24(34)12-13-27(23)36/h5-7,9-10,12-13,16-17,25-26,28,30,36,39H,3-4,8,11,14-15,18-19H2,1-2H3/b21-16-/t25-,26+,28-,30-/m1/s1. The van der Waals surface area contributed by atoms with Crippen molar-refractivity contribution in [1.29, 1.82) is 0 Å². The lowest BCUT2D eigenvalue weighted by atomic mass is 9.58. The van der Waals surface area contributed by atoms with Crippen LogP contribution in [0.1, 0.15) is 63.5 Å². The molecule has 2 aromatic rings. The van der Waals surface area contributed by atoms with Crippen molar-refractivity contribution in [3.63, 3.8) is 0 Å². The van der Waals surface area contributed by atoms with Crippen molar-refractivity contribution in [1.82, 2.24) is 4.90 Å². The molecule has 210 valence electrons. The Hall–Kier alpha value is -2.68. The van der Waals surface area contributed by atoms with Crippen molar-refractivity contribution in [2.45, 2.75) is 64.8 Å². The number of imide groups is 1. The van der Waals surface area contributed by atoms with Gasteiger partial charge in [0.2, 0.25) is 11.8 Å². The van der Waals surface area contributed by atoms with Gasteiger partial charge in [-0.25, -0.2) is 0 Å². The van der Waals surface area contributed by atoms with E-state index >= 15 is 0 Å². The van der Waals surface area contributed by atoms with Crippen LogP contribution in [0.5, 0.6) is 5.75 Å². The molecule has 2 amide bonds. The molecule has 0 aromatic heterocycles. The number of carbonyl (C=O) groups is 2. The molecule has 2 aliphatic heterocycles. The molecule has 5 rings (SSSR count). The Morgan fingerprint density at radius 3 is 2.60 bits per heavy atom. The zero-order chi connectivity index (χ0) is 28.4. The molecular formula is C32H37BBrNO5. The number of phenolic OH excluding ortho intramolecular Hbond substituents is 1. The topological polar surface area (TPSA) is 87.1 Å². The lowest BCUT2D eigenvalue weighted by molar-refractivity contribution is -0.140. The largest absolute Gasteiger partial charge is 0.507 e. The lowest BCUT2D eigenvalue weighted by Crippen LogP contribution is -2.46. The molecule has 0 unspecified atom stereocenters. The van der Waals surface area contributed by atoms with E-state index in [2.05, 4.69) is 35.0 Å². The van der Waals surface area contributed by atoms with Crippen molar-refractivity contribution in [3.05, 3.63) is 75.3 Å². The summed E-state index contributed by atoms with van der Waals surface area (Å²) in [6, 6.07) is 15.4. The van der Waals surface area contributed by atoms with E-state index in [1.807, 2.05) is 37.3 Å². The van der Waals surface area contributed by atoms with Crippen LogP contribution in [0.3, 0.4) is 0 Å². The van der Waals surface area contributed by atoms with Gasteiger partial charge in [-0.1, -0.05) is 72.1 Å². The van der Waals surface area contributed by atoms with Crippen LogP contribution in [0, 0.1) is 17.8 Å². The number of hydrogen-bond acceptors (Lipinski definition) is 5. The molecule has 0 bridgehead atoms. The molecule has 2 N–H and O–H groups in total. The second kappa shape index (κ2) is 12.5. The van der Waals surface area contributed by atoms with Gasteiger partial charge in [-0.2, -0.15) is 0 Å². The summed E-state index contributed by atoms with van der Waals surface area (Å²) in [6.45, 7) is 4.56. The van der Waals surface area contributed by atoms with Crippen LogP contribution in [0.4, 0.5) is 0 Å². The van der Waals surface area contributed by atoms with Crippen molar-refractivity contribution in [3.8, 4) is 5.75 Å². The van der Waals surface area contributed by atoms with Gasteiger partial charge in [-0.3, -0.25) is 14.5 Å². The van der Waals surface area contributed by atoms with Gasteiger partial charge in [0.15, 0.2) is 0 Å². The van der Waals surface area contributed by atoms with Gasteiger partial charge in [0.1, 0.15) is 5.75 Å². The number of amides is 2. The van der Waals surface area contributed by atoms with Gasteiger partial charge in [0, 0.05) is 16.6 Å². The Morgan fingerprint density at radius 2 is 1.88 bits per heavy atom. The highest BCUT2D eigenvalue weighted by atomic mass is 79.9. The van der Waals surface area contributed by atoms with E-state index in [0.29, 0.717) is 37.7 Å². The van der Waals surface area contributed by atoms with E-state index in [4.69, 9.17) is 4.65 Å². The molecule has 3 aliphatic rings. The Labute approximate surface area is 245 Å². The maximum absolute atomic E-state index is 13.5. The number of likely N-dealkylation sites (tertiary alicyclic amines) is 1. The minimum atomic E-state index is -0.984. The summed E-state index contributed by atoms with van der Waals surface area (Å²) in [7, 11) is -0.984. The smallest absolute Gasteiger partial charge is 0.455 e. The van der Waals surface area contributed by atoms with Gasteiger partial charge in [0.05, 0.1) is 17.9 Å². The first-order chi connectivity index (χ1) is 19.3. The van der Waals surface area contributed by atoms with Gasteiger partial charge < -0.3 is 14.8 Å². The summed E-state index contributed by atoms with van der Waals surface area (Å²) in [6.07, 6.45) is 6.39. The van der Waals surface area contributed by atoms with Crippen molar-refractivity contribution >= 4 is 46.5 Å². The average Bonchev–Trinajstić information content (AvgIpc) is 3.18. The average molecular weight is 606 g/mol. The van der Waals surface area contributed by atoms with Gasteiger partial charge in [0.25, 0.3) is 0 Å². The zero-order valence-corrected chi connectivity index (χ0v) is 24.8. The fourth-order valence-corrected chi connectivity index (χ4v) is 7.26. The van der Waals surface area contributed by atoms with Crippen LogP contribution < -0.4 is 0 Å². The number of phenols is 1. The second-order valence-corrected chi connectivity index (χ2v) is 12.1. The third-order valence-electron chi connectivity index (χ3n) is 8.54. The van der Waals surface area contributed by atoms with Crippen LogP contribution in [-0.4, -0.2) is 46.6 Å². The van der Waals surface area contributed by atoms with Gasteiger partial charge in [-0.05, 0) is 85.3 Å². The second-order valence-electron chi connectivity index (χ2n) is 11.2. The van der Waals surface area contributed by atoms with Gasteiger partial charge >= 0.3 is 7.12 Å². The lowest BCUT2D eigenvalue weighted by Gasteiger charge is -2.43. The summed E-state index contributed by atoms with van der Waals surface area (Å²) in [4.78, 5) is 28.2. The molecule has 1 aliphatic carbocycles. The monoisotopic (exact) mass is 605 g/mol. The first-order valence-electron chi connectivity index (χ1n) is 14.5. The highest BCUT2D eigenvalue weighted by molar-refractivity contribution is 9.10. The van der Waals surface area contributed by atoms with Crippen molar-refractivity contribution < 1.29 is 24.4 Å². The number of aromatic hydroxyl groups is 1. The fraction of sp³-hybridized carbons (Fsp3) is 0.438. The van der Waals surface area contributed by atoms with Crippen molar-refractivity contribution in [2.75, 3.05) is 6.54 Å². The number of rotatable bonds is 9. The summed E-state index contributed by atoms with van der Waals surface area (Å²) >= 11 is 3.51. The molecule has 2 fully saturated rings. The summed E-state index contributed by atoms with van der Waals surface area (Å²) < 4.78 is 7.08. The van der Waals surface area contributed by atoms with E-state index in [0.717, 1.165) is 40.4 Å². The zero-order valence-electron chi connectivity index (χ0n) is 23.2. The Bertz CT molecular complexity index is 1330. The molecule has 2 heterocycles. The van der Waals surface area contributed by atoms with E-state index in [1.165, 1.54) is 10.5 Å². The SMILES string of the molecule is CCCC1=C2[C@@H](CC/C(=C/c3cc(Br)ccc3O)c3ccccc3)OB(O)C[C@@H]2[C@@H]2C(=O)N(CCC)C(=O)[C@@H]2C1. The number of allylic oxidation sites excluding steroid dienone is 2. The number of halogens is 1. The summed E-state index contributed by atoms with van der Waals surface area (Å²) in [5, 5.41) is 21.4. The summed E-state index contributed by atoms with van der Waals surface area (Å²) in [5.41, 5.74) is 5.16. The molecule has 4 atom stereocenters. The first kappa shape index (κ1) is 28.8. The number of benzene rings is 2. The Morgan fingerprint density at radius 1 is 1.10 bits per heavy atom. The van der Waals surface area contributed by atoms with Crippen LogP contribution in [0.15, 0.2) is 64.1 Å². The maximum Gasteiger partial charge on any atom is 0.455 e. The normalized spacial score (nSPS) is 24.9. The molecular weight excluding hydrogens is 569 g/mol. The molecule has 2 aromatic carbocycles. The highest BCUT2D eigenvalue weighted by Crippen LogP contribution is 2.51. The fourth-order valence-electron chi connectivity index (χ4n) is 6.88. The van der Waals surface area contributed by atoms with E-state index in [-0.39, 0.29) is 35.5 Å². The number of hydrogen-bond donors (Lipinski definition) is 2. The van der Waals surface area contributed by atoms with Crippen LogP contribution in [-0.2, 0) is 14.2 Å². The predicted octanol–water partition coefficient (Wildman–Crippen LogP) is 6.48. The number of fused-ring (bicyclic) bond motifs is 3. The van der Waals surface area contributed by atoms with Crippen LogP contribution >= 0.6 is 15.9 Å². The Kier molecular flexibility index (Phi) is 8.98. The molecule has 0 radical (unpaired) electrons. The third kappa shape index (κ3) is 5.72. The molecule has 8 heteroatoms. The van der Waals surface area contributed by atoms with E-state index in [9.17, 15) is 19.7 Å². The summed E-state index contributed by atoms with van der Waals surface area (Å²) in [5.74, 6) is -0.875. The molecule has 2 saturated heterocycles. The maximum atomic E-state index is 13.5. The number of carbonyl (C=O) groups excluding carboxylic acids is 2. The molecule has 40 heavy (non-hydrogen) atoms. The quantitative estimate of drug-likeness (QED) is 0.148. The van der Waals surface area contributed by atoms with Gasteiger partial charge in [-0.15, -0.1) is 0 Å². The van der Waals surface area contributed by atoms with Crippen LogP contribution in [0.2, 0.25) is 6.32 Å². The predicted molar refractivity (Wildman–Crippen MR) is 161 cm³/mol. The minimum Gasteiger partial charge on any atom is -0.507 e.